The SMILES string of the molecule is CC(=O)NC1=Nn2c(C)nnc2C1.COc1ccc(C2=Nn3c(C)nnc3C2)cc1.Cc1nnc2n1N=C(c1ccccn1)C2.Cc1nnc2n1NC(=Nc1ccccc1)C2. The lowest BCUT2D eigenvalue weighted by molar-refractivity contribution is -0.117. The summed E-state index contributed by atoms with van der Waals surface area (Å²) in [5.74, 6) is 8.94. The van der Waals surface area contributed by atoms with E-state index in [0.717, 1.165) is 93.0 Å². The number of nitrogens with zero attached hydrogens (tertiary/aromatic N) is 17. The fourth-order valence-corrected chi connectivity index (χ4v) is 6.44. The summed E-state index contributed by atoms with van der Waals surface area (Å²) < 4.78 is 12.2. The Bertz CT molecular complexity index is 2810. The number of amidine groups is 2. The quantitative estimate of drug-likeness (QED) is 0.261. The first kappa shape index (κ1) is 39.7. The van der Waals surface area contributed by atoms with E-state index in [1.807, 2.05) is 105 Å². The van der Waals surface area contributed by atoms with Gasteiger partial charge in [-0.25, -0.2) is 19.0 Å². The Hall–Kier alpha value is -8.10. The summed E-state index contributed by atoms with van der Waals surface area (Å²) in [6.45, 7) is 8.97. The second kappa shape index (κ2) is 17.4. The van der Waals surface area contributed by atoms with Gasteiger partial charge < -0.3 is 10.1 Å². The zero-order valence-electron chi connectivity index (χ0n) is 34.3. The highest BCUT2D eigenvalue weighted by Gasteiger charge is 2.23. The van der Waals surface area contributed by atoms with Crippen molar-refractivity contribution in [2.45, 2.75) is 60.3 Å². The van der Waals surface area contributed by atoms with Gasteiger partial charge in [0, 0.05) is 13.1 Å². The van der Waals surface area contributed by atoms with Crippen molar-refractivity contribution in [3.63, 3.8) is 0 Å². The fraction of sp³-hybridized carbons (Fsp3) is 0.250. The third-order valence-corrected chi connectivity index (χ3v) is 9.40. The van der Waals surface area contributed by atoms with Crippen LogP contribution in [-0.2, 0) is 30.5 Å². The molecular formula is C40H41N19O2. The molecule has 4 aliphatic rings. The minimum atomic E-state index is -0.116. The fourth-order valence-electron chi connectivity index (χ4n) is 6.44. The number of hydrogen-bond acceptors (Lipinski definition) is 15. The topological polar surface area (TPSA) is 236 Å². The van der Waals surface area contributed by atoms with Crippen LogP contribution in [0.5, 0.6) is 5.75 Å². The van der Waals surface area contributed by atoms with E-state index in [1.54, 1.807) is 27.3 Å². The number of methoxy groups -OCH3 is 1. The maximum absolute atomic E-state index is 10.7. The Morgan fingerprint density at radius 3 is 1.79 bits per heavy atom. The molecule has 0 fully saturated rings. The van der Waals surface area contributed by atoms with E-state index < -0.39 is 0 Å². The molecule has 0 spiro atoms. The molecule has 1 amide bonds. The molecule has 7 aromatic rings. The maximum atomic E-state index is 10.7. The van der Waals surface area contributed by atoms with E-state index >= 15 is 0 Å². The molecule has 4 aliphatic heterocycles. The Morgan fingerprint density at radius 1 is 0.639 bits per heavy atom. The average molecular weight is 820 g/mol. The van der Waals surface area contributed by atoms with Gasteiger partial charge in [-0.05, 0) is 81.8 Å². The number of aromatic nitrogens is 13. The third kappa shape index (κ3) is 8.99. The van der Waals surface area contributed by atoms with Crippen LogP contribution in [0.2, 0.25) is 0 Å². The van der Waals surface area contributed by atoms with Crippen LogP contribution in [0.15, 0.2) is 99.3 Å². The van der Waals surface area contributed by atoms with Crippen molar-refractivity contribution in [2.24, 2.45) is 20.3 Å². The highest BCUT2D eigenvalue weighted by atomic mass is 16.5. The smallest absolute Gasteiger partial charge is 0.222 e. The van der Waals surface area contributed by atoms with Gasteiger partial charge in [-0.15, -0.1) is 40.8 Å². The minimum Gasteiger partial charge on any atom is -0.497 e. The first-order valence-electron chi connectivity index (χ1n) is 19.2. The zero-order valence-corrected chi connectivity index (χ0v) is 34.3. The number of nitrogens with one attached hydrogen (secondary N) is 2. The summed E-state index contributed by atoms with van der Waals surface area (Å²) in [6, 6.07) is 23.6. The van der Waals surface area contributed by atoms with Crippen molar-refractivity contribution in [1.29, 1.82) is 0 Å². The lowest BCUT2D eigenvalue weighted by Crippen LogP contribution is -2.28. The number of ether oxygens (including phenoxy) is 1. The number of para-hydroxylation sites is 1. The van der Waals surface area contributed by atoms with E-state index in [9.17, 15) is 4.79 Å². The summed E-state index contributed by atoms with van der Waals surface area (Å²) in [5.41, 5.74) is 8.08. The van der Waals surface area contributed by atoms with Crippen LogP contribution in [0, 0.1) is 27.7 Å². The first-order valence-corrected chi connectivity index (χ1v) is 19.2. The zero-order chi connectivity index (χ0) is 42.5. The lowest BCUT2D eigenvalue weighted by atomic mass is 10.1. The van der Waals surface area contributed by atoms with Crippen LogP contribution in [0.25, 0.3) is 0 Å². The summed E-state index contributed by atoms with van der Waals surface area (Å²) in [6.07, 6.45) is 4.45. The monoisotopic (exact) mass is 819 g/mol. The van der Waals surface area contributed by atoms with Crippen LogP contribution in [0.3, 0.4) is 0 Å². The molecule has 61 heavy (non-hydrogen) atoms. The van der Waals surface area contributed by atoms with Crippen LogP contribution in [0.1, 0.15) is 64.8 Å². The molecule has 9 heterocycles. The maximum Gasteiger partial charge on any atom is 0.222 e. The largest absolute Gasteiger partial charge is 0.497 e. The molecule has 0 atom stereocenters. The Labute approximate surface area is 349 Å². The highest BCUT2D eigenvalue weighted by Crippen LogP contribution is 2.19. The van der Waals surface area contributed by atoms with E-state index in [2.05, 4.69) is 76.8 Å². The van der Waals surface area contributed by atoms with Crippen molar-refractivity contribution in [2.75, 3.05) is 12.5 Å². The molecule has 21 heteroatoms. The molecule has 0 saturated heterocycles. The van der Waals surface area contributed by atoms with E-state index in [1.165, 1.54) is 6.92 Å². The van der Waals surface area contributed by atoms with Crippen LogP contribution >= 0.6 is 0 Å². The molecule has 2 N–H and O–H groups in total. The average Bonchev–Trinajstić information content (AvgIpc) is 4.15. The molecule has 21 nitrogen and oxygen atoms in total. The first-order chi connectivity index (χ1) is 29.6. The Morgan fingerprint density at radius 2 is 1.21 bits per heavy atom. The van der Waals surface area contributed by atoms with Gasteiger partial charge in [0.15, 0.2) is 40.8 Å². The van der Waals surface area contributed by atoms with Gasteiger partial charge in [-0.3, -0.25) is 15.2 Å². The molecule has 11 rings (SSSR count). The van der Waals surface area contributed by atoms with Crippen molar-refractivity contribution in [1.82, 2.24) is 69.8 Å². The molecule has 0 radical (unpaired) electrons. The van der Waals surface area contributed by atoms with E-state index in [-0.39, 0.29) is 5.91 Å². The van der Waals surface area contributed by atoms with Gasteiger partial charge in [0.25, 0.3) is 0 Å². The van der Waals surface area contributed by atoms with Gasteiger partial charge in [-0.1, -0.05) is 24.3 Å². The van der Waals surface area contributed by atoms with Crippen LogP contribution in [-0.4, -0.2) is 101 Å². The highest BCUT2D eigenvalue weighted by molar-refractivity contribution is 6.03. The van der Waals surface area contributed by atoms with Crippen molar-refractivity contribution in [3.8, 4) is 5.75 Å². The summed E-state index contributed by atoms with van der Waals surface area (Å²) >= 11 is 0. The lowest BCUT2D eigenvalue weighted by Gasteiger charge is -2.02. The second-order valence-corrected chi connectivity index (χ2v) is 13.9. The third-order valence-electron chi connectivity index (χ3n) is 9.40. The normalized spacial score (nSPS) is 14.3. The molecule has 0 bridgehead atoms. The van der Waals surface area contributed by atoms with Crippen molar-refractivity contribution < 1.29 is 9.53 Å². The van der Waals surface area contributed by atoms with Gasteiger partial charge in [0.2, 0.25) is 5.91 Å². The van der Waals surface area contributed by atoms with Gasteiger partial charge in [-0.2, -0.15) is 20.0 Å². The molecule has 2 aromatic carbocycles. The number of amides is 1. The second-order valence-electron chi connectivity index (χ2n) is 13.9. The van der Waals surface area contributed by atoms with Crippen LogP contribution in [0.4, 0.5) is 5.69 Å². The molecule has 0 saturated carbocycles. The number of aliphatic imine (C=N–C) groups is 1. The standard InChI is InChI=1S/C12H12N4O.C11H11N5.C10H9N5.C7H9N5O/c1-8-13-14-12-7-11(15-16(8)12)9-3-5-10(17-2)6-4-9;1-8-13-14-11-7-10(15-16(8)11)12-9-5-3-2-4-6-9;1-7-12-13-10-6-9(14-15(7)10)8-4-2-3-5-11-8;1-4-9-10-7-3-6(8-5(2)13)11-12(4)7/h3-6H,7H2,1-2H3;2-6H,7H2,1H3,(H,12,15);2-5H,6H2,1H3;3H2,1-2H3,(H,8,11,13). The number of benzene rings is 2. The molecule has 308 valence electrons. The predicted octanol–water partition coefficient (Wildman–Crippen LogP) is 3.05. The van der Waals surface area contributed by atoms with Crippen molar-refractivity contribution >= 4 is 34.7 Å². The van der Waals surface area contributed by atoms with Gasteiger partial charge in [0.05, 0.1) is 55.6 Å². The number of pyridine rings is 1. The number of carbonyl (C=O) groups is 1. The number of carbonyl (C=O) groups excluding carboxylic acids is 1. The van der Waals surface area contributed by atoms with E-state index in [0.29, 0.717) is 25.1 Å². The Balaban J connectivity index is 0.000000113. The molecule has 0 aliphatic carbocycles. The Kier molecular flexibility index (Phi) is 11.3. The number of fused-ring (bicyclic) bond motifs is 4. The molecular weight excluding hydrogens is 779 g/mol. The molecule has 5 aromatic heterocycles. The van der Waals surface area contributed by atoms with Crippen LogP contribution < -0.4 is 15.5 Å². The predicted molar refractivity (Wildman–Crippen MR) is 225 cm³/mol. The van der Waals surface area contributed by atoms with Gasteiger partial charge in [0.1, 0.15) is 23.2 Å². The summed E-state index contributed by atoms with van der Waals surface area (Å²) in [7, 11) is 1.66. The minimum absolute atomic E-state index is 0.116. The van der Waals surface area contributed by atoms with Gasteiger partial charge >= 0.3 is 0 Å². The van der Waals surface area contributed by atoms with E-state index in [4.69, 9.17) is 4.74 Å². The summed E-state index contributed by atoms with van der Waals surface area (Å²) in [4.78, 5) is 19.5. The molecule has 0 unspecified atom stereocenters. The number of aryl methyl sites for hydroxylation is 4. The number of rotatable bonds is 4. The number of hydrogen-bond donors (Lipinski definition) is 2. The summed E-state index contributed by atoms with van der Waals surface area (Å²) in [5, 5.41) is 47.5. The van der Waals surface area contributed by atoms with Crippen molar-refractivity contribution in [3.05, 3.63) is 137 Å².